The van der Waals surface area contributed by atoms with Crippen molar-refractivity contribution in [3.8, 4) is 5.69 Å². The lowest BCUT2D eigenvalue weighted by Gasteiger charge is -2.17. The molecule has 0 aliphatic heterocycles. The molecule has 4 aromatic rings. The minimum absolute atomic E-state index is 0.0265. The number of carbonyl (C=O) groups is 2. The van der Waals surface area contributed by atoms with Gasteiger partial charge in [0.1, 0.15) is 0 Å². The van der Waals surface area contributed by atoms with E-state index in [1.807, 2.05) is 18.2 Å². The molecule has 4 N–H and O–H groups in total. The second-order valence-corrected chi connectivity index (χ2v) is 9.77. The largest absolute Gasteiger partial charge is 0.478 e. The number of carbonyl (C=O) groups excluding carboxylic acids is 1. The van der Waals surface area contributed by atoms with Crippen molar-refractivity contribution in [2.24, 2.45) is 0 Å². The van der Waals surface area contributed by atoms with Gasteiger partial charge in [-0.25, -0.2) is 4.79 Å². The van der Waals surface area contributed by atoms with Gasteiger partial charge in [0, 0.05) is 5.39 Å². The second kappa shape index (κ2) is 11.0. The zero-order chi connectivity index (χ0) is 25.8. The Labute approximate surface area is 217 Å². The van der Waals surface area contributed by atoms with E-state index in [4.69, 9.17) is 22.4 Å². The highest BCUT2D eigenvalue weighted by atomic mass is 35.5. The molecule has 1 aromatic heterocycles. The smallest absolute Gasteiger partial charge is 0.335 e. The Kier molecular flexibility index (Phi) is 7.81. The first kappa shape index (κ1) is 25.5. The summed E-state index contributed by atoms with van der Waals surface area (Å²) in [5, 5.41) is 22.8. The summed E-state index contributed by atoms with van der Waals surface area (Å²) in [5.74, 6) is -0.751. The van der Waals surface area contributed by atoms with Crippen molar-refractivity contribution in [2.75, 3.05) is 16.8 Å². The lowest BCUT2D eigenvalue weighted by atomic mass is 9.91. The van der Waals surface area contributed by atoms with Gasteiger partial charge in [-0.1, -0.05) is 74.0 Å². The number of hydrogen-bond acceptors (Lipinski definition) is 6. The van der Waals surface area contributed by atoms with Crippen LogP contribution in [0.2, 0.25) is 5.02 Å². The predicted octanol–water partition coefficient (Wildman–Crippen LogP) is 5.99. The van der Waals surface area contributed by atoms with Crippen LogP contribution in [0.25, 0.3) is 16.5 Å². The molecule has 0 saturated heterocycles. The third-order valence-electron chi connectivity index (χ3n) is 5.91. The van der Waals surface area contributed by atoms with Gasteiger partial charge < -0.3 is 16.2 Å². The Morgan fingerprint density at radius 3 is 2.58 bits per heavy atom. The monoisotopic (exact) mass is 523 g/mol. The van der Waals surface area contributed by atoms with Gasteiger partial charge in [-0.05, 0) is 47.6 Å². The van der Waals surface area contributed by atoms with E-state index in [0.717, 1.165) is 29.3 Å². The second-order valence-electron chi connectivity index (χ2n) is 8.42. The Hall–Kier alpha value is -3.56. The highest BCUT2D eigenvalue weighted by molar-refractivity contribution is 7.99. The molecule has 0 aliphatic rings. The van der Waals surface area contributed by atoms with Crippen LogP contribution in [0, 0.1) is 0 Å². The zero-order valence-corrected chi connectivity index (χ0v) is 21.4. The molecular weight excluding hydrogens is 498 g/mol. The van der Waals surface area contributed by atoms with Crippen LogP contribution in [0.15, 0.2) is 59.8 Å². The fourth-order valence-electron chi connectivity index (χ4n) is 4.19. The van der Waals surface area contributed by atoms with E-state index >= 15 is 0 Å². The Bertz CT molecular complexity index is 1440. The van der Waals surface area contributed by atoms with Crippen LogP contribution in [0.1, 0.15) is 48.5 Å². The summed E-state index contributed by atoms with van der Waals surface area (Å²) >= 11 is 7.32. The molecule has 1 atom stereocenters. The van der Waals surface area contributed by atoms with Gasteiger partial charge in [-0.2, -0.15) is 0 Å². The Morgan fingerprint density at radius 2 is 1.89 bits per heavy atom. The highest BCUT2D eigenvalue weighted by Crippen LogP contribution is 2.34. The van der Waals surface area contributed by atoms with Crippen molar-refractivity contribution in [1.82, 2.24) is 14.8 Å². The quantitative estimate of drug-likeness (QED) is 0.230. The van der Waals surface area contributed by atoms with E-state index in [2.05, 4.69) is 47.6 Å². The van der Waals surface area contributed by atoms with Gasteiger partial charge in [0.05, 0.1) is 27.7 Å². The third kappa shape index (κ3) is 5.32. The first-order valence-corrected chi connectivity index (χ1v) is 12.8. The number of nitrogens with zero attached hydrogens (tertiary/aromatic N) is 3. The maximum atomic E-state index is 12.6. The maximum Gasteiger partial charge on any atom is 0.335 e. The summed E-state index contributed by atoms with van der Waals surface area (Å²) in [5.41, 5.74) is 8.70. The first-order valence-electron chi connectivity index (χ1n) is 11.5. The van der Waals surface area contributed by atoms with Gasteiger partial charge in [-0.15, -0.1) is 10.2 Å². The van der Waals surface area contributed by atoms with E-state index in [0.29, 0.717) is 16.8 Å². The fourth-order valence-corrected chi connectivity index (χ4v) is 5.17. The standard InChI is InChI=1S/C26H26ClN5O3S/c1-3-6-15(2)17-10-12-22(19-8-5-4-7-18(17)19)32-25(28)30-31-26(32)36-14-23(33)29-21-11-9-16(24(34)35)13-20(21)27/h4-5,7-13,15H,3,6,14H2,1-2H3,(H2,28,30)(H,29,33)(H,34,35). The molecule has 1 unspecified atom stereocenters. The summed E-state index contributed by atoms with van der Waals surface area (Å²) in [6.45, 7) is 4.42. The number of amides is 1. The van der Waals surface area contributed by atoms with E-state index in [1.165, 1.54) is 35.5 Å². The van der Waals surface area contributed by atoms with E-state index in [-0.39, 0.29) is 28.2 Å². The topological polar surface area (TPSA) is 123 Å². The van der Waals surface area contributed by atoms with Crippen LogP contribution >= 0.6 is 23.4 Å². The Morgan fingerprint density at radius 1 is 1.14 bits per heavy atom. The number of benzene rings is 3. The van der Waals surface area contributed by atoms with Gasteiger partial charge >= 0.3 is 5.97 Å². The number of fused-ring (bicyclic) bond motifs is 1. The van der Waals surface area contributed by atoms with Crippen molar-refractivity contribution < 1.29 is 14.7 Å². The zero-order valence-electron chi connectivity index (χ0n) is 19.9. The van der Waals surface area contributed by atoms with E-state index in [9.17, 15) is 9.59 Å². The summed E-state index contributed by atoms with van der Waals surface area (Å²) in [6.07, 6.45) is 2.20. The minimum Gasteiger partial charge on any atom is -0.478 e. The van der Waals surface area contributed by atoms with Crippen LogP contribution in [0.5, 0.6) is 0 Å². The molecule has 1 heterocycles. The average molecular weight is 524 g/mol. The lowest BCUT2D eigenvalue weighted by Crippen LogP contribution is -2.15. The molecule has 0 saturated carbocycles. The number of nitrogen functional groups attached to an aromatic ring is 1. The van der Waals surface area contributed by atoms with Crippen LogP contribution < -0.4 is 11.1 Å². The summed E-state index contributed by atoms with van der Waals surface area (Å²) < 4.78 is 1.75. The van der Waals surface area contributed by atoms with Crippen LogP contribution in [-0.2, 0) is 4.79 Å². The molecule has 186 valence electrons. The van der Waals surface area contributed by atoms with Gasteiger partial charge in [0.15, 0.2) is 5.16 Å². The summed E-state index contributed by atoms with van der Waals surface area (Å²) in [7, 11) is 0. The molecule has 8 nitrogen and oxygen atoms in total. The number of nitrogens with one attached hydrogen (secondary N) is 1. The average Bonchev–Trinajstić information content (AvgIpc) is 3.23. The molecule has 0 aliphatic carbocycles. The first-order chi connectivity index (χ1) is 17.3. The van der Waals surface area contributed by atoms with Crippen molar-refractivity contribution in [2.45, 2.75) is 37.8 Å². The molecule has 0 fully saturated rings. The predicted molar refractivity (Wildman–Crippen MR) is 144 cm³/mol. The minimum atomic E-state index is -1.09. The summed E-state index contributed by atoms with van der Waals surface area (Å²) in [6, 6.07) is 16.5. The molecule has 0 radical (unpaired) electrons. The molecule has 36 heavy (non-hydrogen) atoms. The number of aromatic nitrogens is 3. The highest BCUT2D eigenvalue weighted by Gasteiger charge is 2.19. The molecule has 0 bridgehead atoms. The van der Waals surface area contributed by atoms with E-state index in [1.54, 1.807) is 4.57 Å². The van der Waals surface area contributed by atoms with Crippen LogP contribution in [-0.4, -0.2) is 37.5 Å². The van der Waals surface area contributed by atoms with Gasteiger partial charge in [-0.3, -0.25) is 9.36 Å². The molecule has 3 aromatic carbocycles. The van der Waals surface area contributed by atoms with Crippen molar-refractivity contribution in [1.29, 1.82) is 0 Å². The van der Waals surface area contributed by atoms with Crippen molar-refractivity contribution in [3.63, 3.8) is 0 Å². The number of hydrogen-bond donors (Lipinski definition) is 3. The van der Waals surface area contributed by atoms with Crippen molar-refractivity contribution in [3.05, 3.63) is 70.7 Å². The number of halogens is 1. The fraction of sp³-hybridized carbons (Fsp3) is 0.231. The van der Waals surface area contributed by atoms with Crippen molar-refractivity contribution >= 4 is 57.6 Å². The SMILES string of the molecule is CCCC(C)c1ccc(-n2c(N)nnc2SCC(=O)Nc2ccc(C(=O)O)cc2Cl)c2ccccc12. The molecule has 4 rings (SSSR count). The molecular formula is C26H26ClN5O3S. The van der Waals surface area contributed by atoms with Crippen LogP contribution in [0.3, 0.4) is 0 Å². The number of anilines is 2. The number of aromatic carboxylic acids is 1. The summed E-state index contributed by atoms with van der Waals surface area (Å²) in [4.78, 5) is 23.7. The lowest BCUT2D eigenvalue weighted by molar-refractivity contribution is -0.113. The number of carboxylic acids is 1. The Balaban J connectivity index is 1.58. The number of thioether (sulfide) groups is 1. The molecule has 1 amide bonds. The third-order valence-corrected chi connectivity index (χ3v) is 7.15. The van der Waals surface area contributed by atoms with Gasteiger partial charge in [0.2, 0.25) is 11.9 Å². The number of nitrogens with two attached hydrogens (primary N) is 1. The maximum absolute atomic E-state index is 12.6. The number of carboxylic acid groups (broad SMARTS) is 1. The van der Waals surface area contributed by atoms with E-state index < -0.39 is 5.97 Å². The van der Waals surface area contributed by atoms with Gasteiger partial charge in [0.25, 0.3) is 0 Å². The molecule has 10 heteroatoms. The normalized spacial score (nSPS) is 12.0. The molecule has 0 spiro atoms. The van der Waals surface area contributed by atoms with Crippen LogP contribution in [0.4, 0.5) is 11.6 Å². The number of rotatable bonds is 9.